The second-order valence-electron chi connectivity index (χ2n) is 9.03. The molecule has 3 aromatic rings. The van der Waals surface area contributed by atoms with Gasteiger partial charge in [0.25, 0.3) is 0 Å². The van der Waals surface area contributed by atoms with Gasteiger partial charge in [-0.25, -0.2) is 24.9 Å². The van der Waals surface area contributed by atoms with Crippen molar-refractivity contribution in [3.8, 4) is 11.4 Å². The molecule has 2 aliphatic heterocycles. The summed E-state index contributed by atoms with van der Waals surface area (Å²) < 4.78 is 8.14. The molecule has 29 heavy (non-hydrogen) atoms. The van der Waals surface area contributed by atoms with Crippen molar-refractivity contribution in [2.45, 2.75) is 45.3 Å². The van der Waals surface area contributed by atoms with Crippen molar-refractivity contribution >= 4 is 22.9 Å². The van der Waals surface area contributed by atoms with E-state index < -0.39 is 5.60 Å². The molecule has 150 valence electrons. The molecule has 3 aliphatic rings. The smallest absolute Gasteiger partial charge is 0.219 e. The first kappa shape index (κ1) is 17.1. The Balaban J connectivity index is 1.53. The molecule has 0 aromatic carbocycles. The Bertz CT molecular complexity index is 1110. The number of fused-ring (bicyclic) bond motifs is 3. The molecule has 5 heterocycles. The van der Waals surface area contributed by atoms with Crippen LogP contribution in [0.4, 0.5) is 11.8 Å². The highest BCUT2D eigenvalue weighted by Gasteiger charge is 2.48. The van der Waals surface area contributed by atoms with E-state index in [4.69, 9.17) is 25.4 Å². The summed E-state index contributed by atoms with van der Waals surface area (Å²) in [5.74, 6) is 2.65. The zero-order chi connectivity index (χ0) is 19.8. The quantitative estimate of drug-likeness (QED) is 0.706. The molecule has 3 aromatic heterocycles. The number of aromatic nitrogens is 6. The number of rotatable bonds is 2. The second kappa shape index (κ2) is 5.63. The van der Waals surface area contributed by atoms with Crippen molar-refractivity contribution in [1.82, 2.24) is 29.5 Å². The molecule has 0 unspecified atom stereocenters. The van der Waals surface area contributed by atoms with Gasteiger partial charge in [0.2, 0.25) is 5.95 Å². The first-order chi connectivity index (χ1) is 13.9. The SMILES string of the molecule is CC1(C)OCCn2c1nc1c(N3CC4(CCC4)C3)nc(-c3cnc(N)nc3)nc12. The minimum atomic E-state index is -0.454. The van der Waals surface area contributed by atoms with Gasteiger partial charge in [0, 0.05) is 37.4 Å². The molecular formula is C20H24N8O. The number of anilines is 2. The summed E-state index contributed by atoms with van der Waals surface area (Å²) in [6, 6.07) is 0. The Morgan fingerprint density at radius 1 is 1.07 bits per heavy atom. The van der Waals surface area contributed by atoms with Crippen molar-refractivity contribution in [2.75, 3.05) is 30.3 Å². The van der Waals surface area contributed by atoms with E-state index in [2.05, 4.69) is 33.3 Å². The second-order valence-corrected chi connectivity index (χ2v) is 9.03. The van der Waals surface area contributed by atoms with Gasteiger partial charge < -0.3 is 19.9 Å². The highest BCUT2D eigenvalue weighted by molar-refractivity contribution is 5.87. The third-order valence-electron chi connectivity index (χ3n) is 6.59. The zero-order valence-electron chi connectivity index (χ0n) is 16.7. The van der Waals surface area contributed by atoms with Crippen molar-refractivity contribution in [3.63, 3.8) is 0 Å². The van der Waals surface area contributed by atoms with Crippen LogP contribution in [0.1, 0.15) is 38.9 Å². The van der Waals surface area contributed by atoms with Gasteiger partial charge in [0.1, 0.15) is 11.4 Å². The van der Waals surface area contributed by atoms with Crippen LogP contribution in [0.5, 0.6) is 0 Å². The van der Waals surface area contributed by atoms with Gasteiger partial charge in [-0.15, -0.1) is 0 Å². The summed E-state index contributed by atoms with van der Waals surface area (Å²) in [7, 11) is 0. The number of nitrogens with two attached hydrogens (primary N) is 1. The molecule has 2 N–H and O–H groups in total. The van der Waals surface area contributed by atoms with Crippen LogP contribution in [0, 0.1) is 5.41 Å². The third kappa shape index (κ3) is 2.46. The average molecular weight is 392 g/mol. The molecule has 1 saturated carbocycles. The summed E-state index contributed by atoms with van der Waals surface area (Å²) in [6.45, 7) is 7.56. The van der Waals surface area contributed by atoms with Gasteiger partial charge in [-0.05, 0) is 26.7 Å². The standard InChI is InChI=1S/C20H24N8O/c1-19(2)17-24-13-15(27-10-20(11-27)4-3-5-20)25-14(12-8-22-18(21)23-9-12)26-16(13)28(17)6-7-29-19/h8-9H,3-7,10-11H2,1-2H3,(H2,21,22,23). The Morgan fingerprint density at radius 2 is 1.83 bits per heavy atom. The lowest BCUT2D eigenvalue weighted by Crippen LogP contribution is -2.60. The maximum atomic E-state index is 5.97. The fraction of sp³-hybridized carbons (Fsp3) is 0.550. The van der Waals surface area contributed by atoms with Gasteiger partial charge in [-0.3, -0.25) is 0 Å². The van der Waals surface area contributed by atoms with Gasteiger partial charge in [0.05, 0.1) is 12.2 Å². The van der Waals surface area contributed by atoms with E-state index in [9.17, 15) is 0 Å². The molecule has 0 amide bonds. The van der Waals surface area contributed by atoms with E-state index >= 15 is 0 Å². The van der Waals surface area contributed by atoms with Crippen LogP contribution >= 0.6 is 0 Å². The monoisotopic (exact) mass is 392 g/mol. The van der Waals surface area contributed by atoms with Crippen molar-refractivity contribution in [1.29, 1.82) is 0 Å². The molecule has 9 nitrogen and oxygen atoms in total. The molecule has 1 saturated heterocycles. The van der Waals surface area contributed by atoms with E-state index in [1.807, 2.05) is 0 Å². The largest absolute Gasteiger partial charge is 0.368 e. The van der Waals surface area contributed by atoms with Crippen molar-refractivity contribution in [2.24, 2.45) is 5.41 Å². The number of imidazole rings is 1. The first-order valence-electron chi connectivity index (χ1n) is 10.2. The molecular weight excluding hydrogens is 368 g/mol. The van der Waals surface area contributed by atoms with Gasteiger partial charge in [-0.1, -0.05) is 6.42 Å². The fourth-order valence-corrected chi connectivity index (χ4v) is 4.82. The highest BCUT2D eigenvalue weighted by Crippen LogP contribution is 2.50. The number of hydrogen-bond acceptors (Lipinski definition) is 8. The van der Waals surface area contributed by atoms with Gasteiger partial charge in [-0.2, -0.15) is 0 Å². The first-order valence-corrected chi connectivity index (χ1v) is 10.2. The minimum Gasteiger partial charge on any atom is -0.368 e. The number of nitrogen functional groups attached to an aromatic ring is 1. The van der Waals surface area contributed by atoms with Crippen LogP contribution in [0.3, 0.4) is 0 Å². The average Bonchev–Trinajstić information content (AvgIpc) is 3.00. The molecule has 2 fully saturated rings. The molecule has 1 aliphatic carbocycles. The topological polar surface area (TPSA) is 108 Å². The summed E-state index contributed by atoms with van der Waals surface area (Å²) in [6.07, 6.45) is 7.33. The Labute approximate surface area is 168 Å². The highest BCUT2D eigenvalue weighted by atomic mass is 16.5. The lowest BCUT2D eigenvalue weighted by atomic mass is 9.63. The van der Waals surface area contributed by atoms with Crippen LogP contribution in [0.25, 0.3) is 22.6 Å². The molecule has 9 heteroatoms. The molecule has 0 bridgehead atoms. The van der Waals surface area contributed by atoms with E-state index in [-0.39, 0.29) is 5.95 Å². The lowest BCUT2D eigenvalue weighted by Gasteiger charge is -2.56. The van der Waals surface area contributed by atoms with Gasteiger partial charge in [0.15, 0.2) is 22.8 Å². The van der Waals surface area contributed by atoms with Crippen LogP contribution < -0.4 is 10.6 Å². The molecule has 6 rings (SSSR count). The van der Waals surface area contributed by atoms with Crippen LogP contribution in [0.15, 0.2) is 12.4 Å². The normalized spacial score (nSPS) is 21.7. The summed E-state index contributed by atoms with van der Waals surface area (Å²) in [5.41, 5.74) is 8.15. The van der Waals surface area contributed by atoms with Crippen LogP contribution in [0.2, 0.25) is 0 Å². The maximum Gasteiger partial charge on any atom is 0.219 e. The van der Waals surface area contributed by atoms with E-state index in [0.29, 0.717) is 17.8 Å². The number of ether oxygens (including phenoxy) is 1. The van der Waals surface area contributed by atoms with Crippen LogP contribution in [-0.2, 0) is 16.9 Å². The van der Waals surface area contributed by atoms with E-state index in [0.717, 1.165) is 48.0 Å². The molecule has 1 spiro atoms. The Hall–Kier alpha value is -2.81. The van der Waals surface area contributed by atoms with Crippen molar-refractivity contribution < 1.29 is 4.74 Å². The predicted molar refractivity (Wildman–Crippen MR) is 108 cm³/mol. The minimum absolute atomic E-state index is 0.241. The maximum absolute atomic E-state index is 5.97. The van der Waals surface area contributed by atoms with Crippen LogP contribution in [-0.4, -0.2) is 49.2 Å². The number of nitrogens with zero attached hydrogens (tertiary/aromatic N) is 7. The van der Waals surface area contributed by atoms with E-state index in [1.54, 1.807) is 12.4 Å². The molecule has 0 radical (unpaired) electrons. The summed E-state index contributed by atoms with van der Waals surface area (Å²) in [4.78, 5) is 25.3. The summed E-state index contributed by atoms with van der Waals surface area (Å²) >= 11 is 0. The Kier molecular flexibility index (Phi) is 3.31. The third-order valence-corrected chi connectivity index (χ3v) is 6.59. The van der Waals surface area contributed by atoms with E-state index in [1.165, 1.54) is 19.3 Å². The fourth-order valence-electron chi connectivity index (χ4n) is 4.82. The lowest BCUT2D eigenvalue weighted by molar-refractivity contribution is -0.0530. The number of hydrogen-bond donors (Lipinski definition) is 1. The summed E-state index contributed by atoms with van der Waals surface area (Å²) in [5, 5.41) is 0. The van der Waals surface area contributed by atoms with Gasteiger partial charge >= 0.3 is 0 Å². The van der Waals surface area contributed by atoms with Crippen molar-refractivity contribution in [3.05, 3.63) is 18.2 Å². The molecule has 0 atom stereocenters. The Morgan fingerprint density at radius 3 is 2.52 bits per heavy atom. The predicted octanol–water partition coefficient (Wildman–Crippen LogP) is 2.12. The zero-order valence-corrected chi connectivity index (χ0v) is 16.7.